The molecule has 2 heterocycles. The van der Waals surface area contributed by atoms with Crippen molar-refractivity contribution in [1.82, 2.24) is 4.98 Å². The van der Waals surface area contributed by atoms with E-state index < -0.39 is 5.41 Å². The smallest absolute Gasteiger partial charge is 0.313 e. The molecule has 0 radical (unpaired) electrons. The van der Waals surface area contributed by atoms with Gasteiger partial charge in [-0.1, -0.05) is 42.5 Å². The number of cyclic esters (lactones) is 1. The first-order chi connectivity index (χ1) is 14.5. The third-order valence-electron chi connectivity index (χ3n) is 6.25. The van der Waals surface area contributed by atoms with E-state index in [0.29, 0.717) is 19.6 Å². The predicted octanol–water partition coefficient (Wildman–Crippen LogP) is 5.63. The highest BCUT2D eigenvalue weighted by atomic mass is 79.9. The van der Waals surface area contributed by atoms with Gasteiger partial charge in [-0.2, -0.15) is 0 Å². The van der Waals surface area contributed by atoms with Gasteiger partial charge in [-0.05, 0) is 65.0 Å². The lowest BCUT2D eigenvalue weighted by Gasteiger charge is -2.24. The molecule has 2 fully saturated rings. The lowest BCUT2D eigenvalue weighted by Crippen LogP contribution is -2.31. The van der Waals surface area contributed by atoms with Gasteiger partial charge in [0.15, 0.2) is 0 Å². The highest BCUT2D eigenvalue weighted by molar-refractivity contribution is 9.10. The van der Waals surface area contributed by atoms with E-state index in [9.17, 15) is 4.79 Å². The second-order valence-electron chi connectivity index (χ2n) is 8.31. The molecule has 1 saturated heterocycles. The summed E-state index contributed by atoms with van der Waals surface area (Å²) in [6, 6.07) is 18.1. The van der Waals surface area contributed by atoms with E-state index in [1.165, 1.54) is 0 Å². The van der Waals surface area contributed by atoms with Gasteiger partial charge in [0.05, 0.1) is 27.7 Å². The highest BCUT2D eigenvalue weighted by Gasteiger charge is 2.55. The molecule has 2 aliphatic rings. The predicted molar refractivity (Wildman–Crippen MR) is 119 cm³/mol. The Morgan fingerprint density at radius 1 is 1.20 bits per heavy atom. The van der Waals surface area contributed by atoms with Crippen molar-refractivity contribution in [3.8, 4) is 5.75 Å². The number of aromatic nitrogens is 1. The molecule has 0 amide bonds. The molecule has 2 unspecified atom stereocenters. The zero-order chi connectivity index (χ0) is 20.7. The van der Waals surface area contributed by atoms with Crippen molar-refractivity contribution in [1.29, 1.82) is 0 Å². The second-order valence-corrected chi connectivity index (χ2v) is 9.16. The second kappa shape index (κ2) is 7.55. The number of allylic oxidation sites excluding steroid dienone is 1. The van der Waals surface area contributed by atoms with Gasteiger partial charge in [-0.15, -0.1) is 0 Å². The largest absolute Gasteiger partial charge is 0.486 e. The molecule has 152 valence electrons. The zero-order valence-electron chi connectivity index (χ0n) is 16.6. The lowest BCUT2D eigenvalue weighted by molar-refractivity contribution is -0.146. The van der Waals surface area contributed by atoms with Gasteiger partial charge in [0.2, 0.25) is 0 Å². The number of nitrogens with zero attached hydrogens (tertiary/aromatic N) is 1. The molecule has 1 aliphatic carbocycles. The summed E-state index contributed by atoms with van der Waals surface area (Å²) >= 11 is 3.63. The van der Waals surface area contributed by atoms with Crippen molar-refractivity contribution in [2.75, 3.05) is 6.61 Å². The third kappa shape index (κ3) is 3.41. The Labute approximate surface area is 184 Å². The van der Waals surface area contributed by atoms with Gasteiger partial charge < -0.3 is 9.47 Å². The van der Waals surface area contributed by atoms with Crippen molar-refractivity contribution in [2.45, 2.75) is 25.9 Å². The van der Waals surface area contributed by atoms with E-state index in [4.69, 9.17) is 9.47 Å². The lowest BCUT2D eigenvalue weighted by atomic mass is 9.75. The van der Waals surface area contributed by atoms with Crippen LogP contribution in [0.5, 0.6) is 5.75 Å². The Bertz CT molecular complexity index is 1160. The Kier molecular flexibility index (Phi) is 4.86. The number of benzene rings is 2. The molecular formula is C25H22BrNO3. The summed E-state index contributed by atoms with van der Waals surface area (Å²) < 4.78 is 12.3. The minimum absolute atomic E-state index is 0.0787. The molecule has 0 bridgehead atoms. The van der Waals surface area contributed by atoms with Gasteiger partial charge >= 0.3 is 5.97 Å². The quantitative estimate of drug-likeness (QED) is 0.363. The number of esters is 1. The number of hydrogen-bond donors (Lipinski definition) is 0. The average molecular weight is 464 g/mol. The van der Waals surface area contributed by atoms with Crippen LogP contribution in [0, 0.1) is 11.3 Å². The molecule has 0 N–H and O–H groups in total. The van der Waals surface area contributed by atoms with Crippen LogP contribution < -0.4 is 4.74 Å². The number of carbonyl (C=O) groups excluding carboxylic acids is 1. The van der Waals surface area contributed by atoms with Gasteiger partial charge in [-0.3, -0.25) is 4.79 Å². The van der Waals surface area contributed by atoms with Crippen LogP contribution in [0.25, 0.3) is 10.9 Å². The monoisotopic (exact) mass is 463 g/mol. The molecule has 4 nitrogen and oxygen atoms in total. The molecular weight excluding hydrogens is 442 g/mol. The number of pyridine rings is 1. The van der Waals surface area contributed by atoms with Gasteiger partial charge in [0.25, 0.3) is 0 Å². The van der Waals surface area contributed by atoms with Gasteiger partial charge in [0.1, 0.15) is 12.4 Å². The van der Waals surface area contributed by atoms with Crippen LogP contribution in [0.1, 0.15) is 24.1 Å². The summed E-state index contributed by atoms with van der Waals surface area (Å²) in [5.41, 5.74) is 3.64. The summed E-state index contributed by atoms with van der Waals surface area (Å²) in [5.74, 6) is 0.920. The van der Waals surface area contributed by atoms with Crippen LogP contribution in [0.2, 0.25) is 0 Å². The van der Waals surface area contributed by atoms with Crippen LogP contribution in [0.3, 0.4) is 0 Å². The first-order valence-corrected chi connectivity index (χ1v) is 10.9. The summed E-state index contributed by atoms with van der Waals surface area (Å²) in [6.07, 6.45) is 2.27. The van der Waals surface area contributed by atoms with Crippen LogP contribution in [0.4, 0.5) is 0 Å². The van der Waals surface area contributed by atoms with Crippen molar-refractivity contribution < 1.29 is 14.3 Å². The topological polar surface area (TPSA) is 48.4 Å². The summed E-state index contributed by atoms with van der Waals surface area (Å²) in [5, 5.41) is 1.12. The average Bonchev–Trinajstić information content (AvgIpc) is 3.21. The molecule has 3 aromatic rings. The van der Waals surface area contributed by atoms with E-state index in [1.807, 2.05) is 48.5 Å². The molecule has 1 aromatic heterocycles. The van der Waals surface area contributed by atoms with Crippen LogP contribution in [-0.4, -0.2) is 17.6 Å². The van der Waals surface area contributed by atoms with Crippen LogP contribution in [0.15, 0.2) is 71.2 Å². The maximum atomic E-state index is 12.5. The summed E-state index contributed by atoms with van der Waals surface area (Å²) in [7, 11) is 0. The molecule has 0 spiro atoms. The molecule has 5 heteroatoms. The Morgan fingerprint density at radius 2 is 2.07 bits per heavy atom. The molecule has 1 aliphatic heterocycles. The Morgan fingerprint density at radius 3 is 2.93 bits per heavy atom. The number of fused-ring (bicyclic) bond motifs is 2. The molecule has 2 atom stereocenters. The number of para-hydroxylation sites is 1. The first-order valence-electron chi connectivity index (χ1n) is 10.1. The normalized spacial score (nSPS) is 22.9. The summed E-state index contributed by atoms with van der Waals surface area (Å²) in [6.45, 7) is 5.02. The number of carbonyl (C=O) groups is 1. The van der Waals surface area contributed by atoms with Crippen LogP contribution in [-0.2, 0) is 22.6 Å². The Balaban J connectivity index is 1.31. The highest BCUT2D eigenvalue weighted by Crippen LogP contribution is 2.52. The number of ether oxygens (including phenoxy) is 2. The van der Waals surface area contributed by atoms with E-state index >= 15 is 0 Å². The third-order valence-corrected chi connectivity index (χ3v) is 6.87. The summed E-state index contributed by atoms with van der Waals surface area (Å²) in [4.78, 5) is 17.2. The van der Waals surface area contributed by atoms with Crippen molar-refractivity contribution in [2.24, 2.45) is 11.3 Å². The zero-order valence-corrected chi connectivity index (χ0v) is 18.2. The first kappa shape index (κ1) is 19.3. The maximum absolute atomic E-state index is 12.5. The minimum atomic E-state index is -0.450. The van der Waals surface area contributed by atoms with Crippen molar-refractivity contribution in [3.05, 3.63) is 82.5 Å². The molecule has 5 rings (SSSR count). The standard InChI is InChI=1S/C25H22BrNO3/c1-16-10-19-14-30-24(28)25(19,12-16)13-17-6-9-23(21(26)11-17)29-15-20-8-7-18-4-2-3-5-22(18)27-20/h2-9,11,19H,1,10,12-15H2. The molecule has 1 saturated carbocycles. The van der Waals surface area contributed by atoms with Crippen molar-refractivity contribution in [3.63, 3.8) is 0 Å². The number of hydrogen-bond acceptors (Lipinski definition) is 4. The molecule has 2 aromatic carbocycles. The van der Waals surface area contributed by atoms with E-state index in [1.54, 1.807) is 0 Å². The fourth-order valence-electron chi connectivity index (χ4n) is 4.74. The fraction of sp³-hybridized carbons (Fsp3) is 0.280. The minimum Gasteiger partial charge on any atom is -0.486 e. The fourth-order valence-corrected chi connectivity index (χ4v) is 5.28. The Hall–Kier alpha value is -2.66. The van der Waals surface area contributed by atoms with Gasteiger partial charge in [0, 0.05) is 11.3 Å². The van der Waals surface area contributed by atoms with E-state index in [-0.39, 0.29) is 11.9 Å². The van der Waals surface area contributed by atoms with E-state index in [0.717, 1.165) is 50.8 Å². The molecule has 30 heavy (non-hydrogen) atoms. The van der Waals surface area contributed by atoms with Crippen molar-refractivity contribution >= 4 is 32.8 Å². The number of halogens is 1. The van der Waals surface area contributed by atoms with E-state index in [2.05, 4.69) is 33.6 Å². The maximum Gasteiger partial charge on any atom is 0.313 e. The number of rotatable bonds is 5. The van der Waals surface area contributed by atoms with Gasteiger partial charge in [-0.25, -0.2) is 4.98 Å². The SMILES string of the molecule is C=C1CC2COC(=O)C2(Cc2ccc(OCc3ccc4ccccc4n3)c(Br)c2)C1. The van der Waals surface area contributed by atoms with Crippen LogP contribution >= 0.6 is 15.9 Å².